The fourth-order valence-electron chi connectivity index (χ4n) is 4.10. The highest BCUT2D eigenvalue weighted by atomic mass is 16.5. The van der Waals surface area contributed by atoms with E-state index in [2.05, 4.69) is 13.8 Å². The molecule has 1 aromatic rings. The van der Waals surface area contributed by atoms with Crippen LogP contribution in [0.2, 0.25) is 0 Å². The van der Waals surface area contributed by atoms with Crippen molar-refractivity contribution in [3.63, 3.8) is 0 Å². The molecular weight excluding hydrogens is 382 g/mol. The zero-order chi connectivity index (χ0) is 22.4. The Morgan fingerprint density at radius 2 is 1.83 bits per heavy atom. The summed E-state index contributed by atoms with van der Waals surface area (Å²) in [4.78, 5) is 26.6. The molecule has 4 unspecified atom stereocenters. The summed E-state index contributed by atoms with van der Waals surface area (Å²) >= 11 is 0. The van der Waals surface area contributed by atoms with Crippen molar-refractivity contribution in [2.45, 2.75) is 83.8 Å². The van der Waals surface area contributed by atoms with E-state index in [0.717, 1.165) is 12.0 Å². The first kappa shape index (κ1) is 24.3. The number of hydrogen-bond acceptors (Lipinski definition) is 6. The lowest BCUT2D eigenvalue weighted by molar-refractivity contribution is -0.158. The lowest BCUT2D eigenvalue weighted by Gasteiger charge is -2.27. The van der Waals surface area contributed by atoms with Gasteiger partial charge in [0, 0.05) is 12.1 Å². The summed E-state index contributed by atoms with van der Waals surface area (Å²) in [7, 11) is 0. The number of carboxylic acids is 1. The number of nitrogens with zero attached hydrogens (tertiary/aromatic N) is 1. The normalized spacial score (nSPS) is 24.7. The Labute approximate surface area is 179 Å². The van der Waals surface area contributed by atoms with Gasteiger partial charge < -0.3 is 21.3 Å². The molecule has 7 nitrogen and oxygen atoms in total. The zero-order valence-electron chi connectivity index (χ0n) is 18.5. The minimum Gasteiger partial charge on any atom is -0.481 e. The summed E-state index contributed by atoms with van der Waals surface area (Å²) in [5.74, 6) is -0.868. The first-order chi connectivity index (χ1) is 14.1. The summed E-state index contributed by atoms with van der Waals surface area (Å²) in [6, 6.07) is 8.73. The molecular formula is C23H37N3O4. The van der Waals surface area contributed by atoms with Crippen LogP contribution in [0.15, 0.2) is 30.3 Å². The number of benzene rings is 1. The predicted molar refractivity (Wildman–Crippen MR) is 117 cm³/mol. The van der Waals surface area contributed by atoms with Crippen LogP contribution in [0, 0.1) is 11.8 Å². The van der Waals surface area contributed by atoms with Gasteiger partial charge in [0.05, 0.1) is 12.6 Å². The van der Waals surface area contributed by atoms with Crippen molar-refractivity contribution in [3.05, 3.63) is 35.9 Å². The van der Waals surface area contributed by atoms with Crippen LogP contribution in [0.5, 0.6) is 0 Å². The summed E-state index contributed by atoms with van der Waals surface area (Å²) < 4.78 is 5.73. The molecule has 2 rings (SSSR count). The SMILES string of the molecule is CCC(C)C1C(N)N1[C@@H](Cc1ccccc1)C(=O)O[C@@H](CC(=O)O)[C@@H](N)CC(C)C. The van der Waals surface area contributed by atoms with Gasteiger partial charge in [-0.25, -0.2) is 0 Å². The van der Waals surface area contributed by atoms with E-state index in [4.69, 9.17) is 16.2 Å². The lowest BCUT2D eigenvalue weighted by Crippen LogP contribution is -2.45. The largest absolute Gasteiger partial charge is 0.481 e. The van der Waals surface area contributed by atoms with Crippen LogP contribution >= 0.6 is 0 Å². The van der Waals surface area contributed by atoms with Gasteiger partial charge in [-0.2, -0.15) is 0 Å². The minimum atomic E-state index is -1.03. The van der Waals surface area contributed by atoms with Crippen molar-refractivity contribution in [3.8, 4) is 0 Å². The van der Waals surface area contributed by atoms with Gasteiger partial charge in [0.1, 0.15) is 12.1 Å². The van der Waals surface area contributed by atoms with Crippen molar-refractivity contribution in [2.75, 3.05) is 0 Å². The molecule has 0 aromatic heterocycles. The zero-order valence-corrected chi connectivity index (χ0v) is 18.5. The van der Waals surface area contributed by atoms with E-state index in [1.54, 1.807) is 0 Å². The van der Waals surface area contributed by atoms with Crippen LogP contribution in [-0.4, -0.2) is 52.3 Å². The van der Waals surface area contributed by atoms with E-state index >= 15 is 0 Å². The third-order valence-corrected chi connectivity index (χ3v) is 5.94. The average molecular weight is 420 g/mol. The highest BCUT2D eigenvalue weighted by Crippen LogP contribution is 2.36. The molecule has 0 saturated carbocycles. The number of rotatable bonds is 12. The van der Waals surface area contributed by atoms with E-state index in [-0.39, 0.29) is 24.5 Å². The third kappa shape index (κ3) is 6.52. The fourth-order valence-corrected chi connectivity index (χ4v) is 4.10. The average Bonchev–Trinajstić information content (AvgIpc) is 3.35. The maximum atomic E-state index is 13.2. The Bertz CT molecular complexity index is 697. The number of nitrogens with two attached hydrogens (primary N) is 2. The Balaban J connectivity index is 2.21. The second kappa shape index (κ2) is 10.9. The second-order valence-electron chi connectivity index (χ2n) is 8.89. The molecule has 1 fully saturated rings. The summed E-state index contributed by atoms with van der Waals surface area (Å²) in [5.41, 5.74) is 13.5. The molecule has 30 heavy (non-hydrogen) atoms. The van der Waals surface area contributed by atoms with Crippen molar-refractivity contribution >= 4 is 11.9 Å². The predicted octanol–water partition coefficient (Wildman–Crippen LogP) is 2.37. The monoisotopic (exact) mass is 419 g/mol. The summed E-state index contributed by atoms with van der Waals surface area (Å²) in [6.45, 7) is 8.24. The van der Waals surface area contributed by atoms with Gasteiger partial charge in [0.25, 0.3) is 0 Å². The Morgan fingerprint density at radius 3 is 2.37 bits per heavy atom. The van der Waals surface area contributed by atoms with Crippen molar-refractivity contribution < 1.29 is 19.4 Å². The highest BCUT2D eigenvalue weighted by Gasteiger charge is 2.53. The van der Waals surface area contributed by atoms with Crippen LogP contribution in [0.1, 0.15) is 52.5 Å². The van der Waals surface area contributed by atoms with Gasteiger partial charge in [-0.15, -0.1) is 0 Å². The maximum Gasteiger partial charge on any atom is 0.324 e. The summed E-state index contributed by atoms with van der Waals surface area (Å²) in [5, 5.41) is 9.29. The first-order valence-corrected chi connectivity index (χ1v) is 10.9. The molecule has 1 aliphatic heterocycles. The Morgan fingerprint density at radius 1 is 1.20 bits per heavy atom. The van der Waals surface area contributed by atoms with Crippen LogP contribution < -0.4 is 11.5 Å². The van der Waals surface area contributed by atoms with Crippen LogP contribution in [0.4, 0.5) is 0 Å². The first-order valence-electron chi connectivity index (χ1n) is 10.9. The molecule has 1 saturated heterocycles. The van der Waals surface area contributed by atoms with Gasteiger partial charge in [0.2, 0.25) is 0 Å². The Hall–Kier alpha value is -1.96. The standard InChI is InChI=1S/C23H37N3O4/c1-5-15(4)21-22(25)26(21)18(12-16-9-7-6-8-10-16)23(29)30-19(13-20(27)28)17(24)11-14(2)3/h6-10,14-15,17-19,21-22H,5,11-13,24-25H2,1-4H3,(H,27,28)/t15?,17-,18-,19-,21?,22?,26?/m0/s1. The summed E-state index contributed by atoms with van der Waals surface area (Å²) in [6.07, 6.45) is 0.617. The van der Waals surface area contributed by atoms with E-state index in [1.807, 2.05) is 49.1 Å². The fraction of sp³-hybridized carbons (Fsp3) is 0.652. The van der Waals surface area contributed by atoms with Gasteiger partial charge in [-0.1, -0.05) is 64.4 Å². The molecule has 7 heteroatoms. The van der Waals surface area contributed by atoms with Gasteiger partial charge in [0.15, 0.2) is 0 Å². The molecule has 0 amide bonds. The van der Waals surface area contributed by atoms with E-state index in [0.29, 0.717) is 18.8 Å². The van der Waals surface area contributed by atoms with E-state index in [1.165, 1.54) is 0 Å². The van der Waals surface area contributed by atoms with E-state index in [9.17, 15) is 14.7 Å². The molecule has 0 bridgehead atoms. The van der Waals surface area contributed by atoms with Crippen LogP contribution in [0.3, 0.4) is 0 Å². The quantitative estimate of drug-likeness (QED) is 0.351. The molecule has 1 aromatic carbocycles. The third-order valence-electron chi connectivity index (χ3n) is 5.94. The molecule has 0 spiro atoms. The van der Waals surface area contributed by atoms with Gasteiger partial charge in [-0.05, 0) is 30.2 Å². The molecule has 5 N–H and O–H groups in total. The Kier molecular flexibility index (Phi) is 8.82. The van der Waals surface area contributed by atoms with E-state index < -0.39 is 30.1 Å². The maximum absolute atomic E-state index is 13.2. The van der Waals surface area contributed by atoms with Crippen molar-refractivity contribution in [1.29, 1.82) is 0 Å². The molecule has 0 radical (unpaired) electrons. The number of ether oxygens (including phenoxy) is 1. The second-order valence-corrected chi connectivity index (χ2v) is 8.89. The lowest BCUT2D eigenvalue weighted by atomic mass is 9.98. The number of hydrogen-bond donors (Lipinski definition) is 3. The number of carboxylic acid groups (broad SMARTS) is 1. The molecule has 0 aliphatic carbocycles. The number of carbonyl (C=O) groups excluding carboxylic acids is 1. The van der Waals surface area contributed by atoms with Crippen LogP contribution in [-0.2, 0) is 20.7 Å². The number of carbonyl (C=O) groups is 2. The van der Waals surface area contributed by atoms with Crippen LogP contribution in [0.25, 0.3) is 0 Å². The van der Waals surface area contributed by atoms with Crippen molar-refractivity contribution in [1.82, 2.24) is 4.90 Å². The smallest absolute Gasteiger partial charge is 0.324 e. The molecule has 7 atom stereocenters. The molecule has 1 heterocycles. The topological polar surface area (TPSA) is 119 Å². The minimum absolute atomic E-state index is 0.110. The molecule has 1 aliphatic rings. The van der Waals surface area contributed by atoms with Gasteiger partial charge in [-0.3, -0.25) is 14.5 Å². The number of esters is 1. The molecule has 168 valence electrons. The highest BCUT2D eigenvalue weighted by molar-refractivity contribution is 5.78. The van der Waals surface area contributed by atoms with Crippen molar-refractivity contribution in [2.24, 2.45) is 23.3 Å². The van der Waals surface area contributed by atoms with Gasteiger partial charge >= 0.3 is 11.9 Å². The number of aliphatic carboxylic acids is 1.